The zero-order valence-corrected chi connectivity index (χ0v) is 14.6. The lowest BCUT2D eigenvalue weighted by Gasteiger charge is -2.30. The Balaban J connectivity index is 1.68. The highest BCUT2D eigenvalue weighted by molar-refractivity contribution is 5.94. The molecule has 1 saturated heterocycles. The predicted molar refractivity (Wildman–Crippen MR) is 94.7 cm³/mol. The number of fused-ring (bicyclic) bond motifs is 1. The normalized spacial score (nSPS) is 17.2. The highest BCUT2D eigenvalue weighted by atomic mass is 16.5. The minimum atomic E-state index is -1.09. The quantitative estimate of drug-likeness (QED) is 0.736. The van der Waals surface area contributed by atoms with Gasteiger partial charge >= 0.3 is 5.97 Å². The van der Waals surface area contributed by atoms with Crippen molar-refractivity contribution in [1.82, 2.24) is 24.9 Å². The zero-order chi connectivity index (χ0) is 19.0. The van der Waals surface area contributed by atoms with Crippen molar-refractivity contribution in [2.24, 2.45) is 0 Å². The smallest absolute Gasteiger partial charge is 0.334 e. The average molecular weight is 367 g/mol. The predicted octanol–water partition coefficient (Wildman–Crippen LogP) is 1.05. The first-order chi connectivity index (χ1) is 13.1. The second-order valence-electron chi connectivity index (χ2n) is 6.24. The van der Waals surface area contributed by atoms with Crippen LogP contribution in [0, 0.1) is 6.92 Å². The van der Waals surface area contributed by atoms with E-state index in [0.29, 0.717) is 12.2 Å². The molecule has 27 heavy (non-hydrogen) atoms. The van der Waals surface area contributed by atoms with E-state index in [9.17, 15) is 9.59 Å². The zero-order valence-electron chi connectivity index (χ0n) is 14.6. The molecule has 1 aliphatic heterocycles. The summed E-state index contributed by atoms with van der Waals surface area (Å²) in [5.41, 5.74) is 2.23. The van der Waals surface area contributed by atoms with E-state index < -0.39 is 12.1 Å². The Morgan fingerprint density at radius 1 is 1.26 bits per heavy atom. The van der Waals surface area contributed by atoms with Gasteiger partial charge in [-0.1, -0.05) is 23.4 Å². The van der Waals surface area contributed by atoms with E-state index >= 15 is 0 Å². The molecule has 0 radical (unpaired) electrons. The monoisotopic (exact) mass is 367 g/mol. The van der Waals surface area contributed by atoms with Gasteiger partial charge in [-0.3, -0.25) is 9.78 Å². The molecule has 0 spiro atoms. The third-order valence-corrected chi connectivity index (χ3v) is 4.57. The molecular weight excluding hydrogens is 350 g/mol. The van der Waals surface area contributed by atoms with Gasteiger partial charge in [-0.2, -0.15) is 0 Å². The maximum absolute atomic E-state index is 12.8. The number of amides is 1. The second-order valence-corrected chi connectivity index (χ2v) is 6.24. The Morgan fingerprint density at radius 2 is 2.07 bits per heavy atom. The standard InChI is InChI=1S/C18H17N5O4/c1-11-15(17(24)22-8-9-27-14(10-22)18(25)26)20-21-23(11)13-6-2-4-12-5-3-7-19-16(12)13/h2-7,14H,8-10H2,1H3,(H,25,26). The van der Waals surface area contributed by atoms with E-state index in [1.54, 1.807) is 17.8 Å². The topological polar surface area (TPSA) is 110 Å². The highest BCUT2D eigenvalue weighted by Gasteiger charge is 2.31. The number of carboxylic acids is 1. The minimum Gasteiger partial charge on any atom is -0.479 e. The summed E-state index contributed by atoms with van der Waals surface area (Å²) >= 11 is 0. The minimum absolute atomic E-state index is 0.0176. The molecule has 1 N–H and O–H groups in total. The molecule has 3 heterocycles. The Hall–Kier alpha value is -3.33. The van der Waals surface area contributed by atoms with E-state index in [1.807, 2.05) is 30.3 Å². The van der Waals surface area contributed by atoms with Crippen molar-refractivity contribution in [2.45, 2.75) is 13.0 Å². The van der Waals surface area contributed by atoms with Gasteiger partial charge in [-0.15, -0.1) is 5.10 Å². The van der Waals surface area contributed by atoms with Crippen LogP contribution in [0.1, 0.15) is 16.2 Å². The van der Waals surface area contributed by atoms with Crippen LogP contribution in [0.4, 0.5) is 0 Å². The lowest BCUT2D eigenvalue weighted by molar-refractivity contribution is -0.154. The highest BCUT2D eigenvalue weighted by Crippen LogP contribution is 2.22. The van der Waals surface area contributed by atoms with Crippen LogP contribution in [0.25, 0.3) is 16.6 Å². The van der Waals surface area contributed by atoms with Crippen LogP contribution in [0.2, 0.25) is 0 Å². The molecule has 2 aromatic heterocycles. The van der Waals surface area contributed by atoms with Crippen LogP contribution in [0.3, 0.4) is 0 Å². The fourth-order valence-electron chi connectivity index (χ4n) is 3.15. The van der Waals surface area contributed by atoms with Crippen LogP contribution >= 0.6 is 0 Å². The van der Waals surface area contributed by atoms with Gasteiger partial charge in [-0.25, -0.2) is 9.48 Å². The van der Waals surface area contributed by atoms with Crippen molar-refractivity contribution in [3.8, 4) is 5.69 Å². The molecule has 1 atom stereocenters. The first-order valence-corrected chi connectivity index (χ1v) is 8.46. The van der Waals surface area contributed by atoms with Gasteiger partial charge in [0.2, 0.25) is 0 Å². The van der Waals surface area contributed by atoms with Crippen LogP contribution < -0.4 is 0 Å². The number of ether oxygens (including phenoxy) is 1. The molecule has 138 valence electrons. The molecule has 1 aliphatic rings. The summed E-state index contributed by atoms with van der Waals surface area (Å²) in [7, 11) is 0. The van der Waals surface area contributed by atoms with Gasteiger partial charge in [0.1, 0.15) is 0 Å². The molecule has 1 amide bonds. The van der Waals surface area contributed by atoms with Gasteiger partial charge in [0.25, 0.3) is 5.91 Å². The van der Waals surface area contributed by atoms with E-state index in [-0.39, 0.29) is 24.8 Å². The average Bonchev–Trinajstić information content (AvgIpc) is 3.08. The van der Waals surface area contributed by atoms with Crippen LogP contribution in [0.15, 0.2) is 36.5 Å². The molecule has 3 aromatic rings. The Labute approximate surface area is 154 Å². The molecule has 4 rings (SSSR count). The lowest BCUT2D eigenvalue weighted by Crippen LogP contribution is -2.48. The number of aliphatic carboxylic acids is 1. The molecule has 1 fully saturated rings. The molecule has 1 aromatic carbocycles. The number of rotatable bonds is 3. The molecule has 0 aliphatic carbocycles. The number of carbonyl (C=O) groups is 2. The van der Waals surface area contributed by atoms with Gasteiger partial charge < -0.3 is 14.7 Å². The maximum Gasteiger partial charge on any atom is 0.334 e. The summed E-state index contributed by atoms with van der Waals surface area (Å²) in [4.78, 5) is 29.8. The fourth-order valence-corrected chi connectivity index (χ4v) is 3.15. The van der Waals surface area contributed by atoms with Gasteiger partial charge in [0.05, 0.1) is 30.0 Å². The van der Waals surface area contributed by atoms with Gasteiger partial charge in [0.15, 0.2) is 11.8 Å². The molecule has 0 bridgehead atoms. The van der Waals surface area contributed by atoms with E-state index in [1.165, 1.54) is 4.90 Å². The first-order valence-electron chi connectivity index (χ1n) is 8.46. The Morgan fingerprint density at radius 3 is 2.89 bits per heavy atom. The number of morpholine rings is 1. The van der Waals surface area contributed by atoms with E-state index in [0.717, 1.165) is 16.6 Å². The first kappa shape index (κ1) is 17.1. The molecular formula is C18H17N5O4. The summed E-state index contributed by atoms with van der Waals surface area (Å²) < 4.78 is 6.75. The van der Waals surface area contributed by atoms with Crippen molar-refractivity contribution in [2.75, 3.05) is 19.7 Å². The van der Waals surface area contributed by atoms with Crippen molar-refractivity contribution < 1.29 is 19.4 Å². The number of benzene rings is 1. The van der Waals surface area contributed by atoms with E-state index in [2.05, 4.69) is 15.3 Å². The van der Waals surface area contributed by atoms with Gasteiger partial charge in [0, 0.05) is 18.1 Å². The SMILES string of the molecule is Cc1c(C(=O)N2CCOC(C(=O)O)C2)nnn1-c1cccc2cccnc12. The summed E-state index contributed by atoms with van der Waals surface area (Å²) in [6, 6.07) is 9.50. The van der Waals surface area contributed by atoms with E-state index in [4.69, 9.17) is 9.84 Å². The van der Waals surface area contributed by atoms with Crippen molar-refractivity contribution in [3.05, 3.63) is 47.9 Å². The lowest BCUT2D eigenvalue weighted by atomic mass is 10.2. The molecule has 9 nitrogen and oxygen atoms in total. The Kier molecular flexibility index (Phi) is 4.28. The van der Waals surface area contributed by atoms with Crippen LogP contribution in [-0.2, 0) is 9.53 Å². The largest absolute Gasteiger partial charge is 0.479 e. The van der Waals surface area contributed by atoms with Crippen LogP contribution in [-0.4, -0.2) is 67.7 Å². The van der Waals surface area contributed by atoms with Crippen LogP contribution in [0.5, 0.6) is 0 Å². The number of para-hydroxylation sites is 1. The second kappa shape index (κ2) is 6.76. The third-order valence-electron chi connectivity index (χ3n) is 4.57. The molecule has 0 saturated carbocycles. The summed E-state index contributed by atoms with van der Waals surface area (Å²) in [5.74, 6) is -1.45. The summed E-state index contributed by atoms with van der Waals surface area (Å²) in [5, 5.41) is 18.3. The Bertz CT molecular complexity index is 1030. The van der Waals surface area contributed by atoms with Crippen molar-refractivity contribution >= 4 is 22.8 Å². The number of carboxylic acid groups (broad SMARTS) is 1. The number of hydrogen-bond donors (Lipinski definition) is 1. The third kappa shape index (κ3) is 3.02. The number of hydrogen-bond acceptors (Lipinski definition) is 6. The maximum atomic E-state index is 12.8. The molecule has 1 unspecified atom stereocenters. The van der Waals surface area contributed by atoms with Crippen molar-refractivity contribution in [1.29, 1.82) is 0 Å². The van der Waals surface area contributed by atoms with Crippen molar-refractivity contribution in [3.63, 3.8) is 0 Å². The fraction of sp³-hybridized carbons (Fsp3) is 0.278. The van der Waals surface area contributed by atoms with Gasteiger partial charge in [-0.05, 0) is 19.1 Å². The number of aromatic nitrogens is 4. The number of carbonyl (C=O) groups excluding carboxylic acids is 1. The number of nitrogens with zero attached hydrogens (tertiary/aromatic N) is 5. The molecule has 9 heteroatoms. The number of pyridine rings is 1. The summed E-state index contributed by atoms with van der Waals surface area (Å²) in [6.07, 6.45) is 0.671. The summed E-state index contributed by atoms with van der Waals surface area (Å²) in [6.45, 7) is 2.22.